The summed E-state index contributed by atoms with van der Waals surface area (Å²) >= 11 is 12.5. The van der Waals surface area contributed by atoms with Crippen LogP contribution in [0.2, 0.25) is 10.0 Å². The first-order valence-electron chi connectivity index (χ1n) is 9.62. The Morgan fingerprint density at radius 2 is 1.85 bits per heavy atom. The summed E-state index contributed by atoms with van der Waals surface area (Å²) in [6, 6.07) is 6.24. The van der Waals surface area contributed by atoms with E-state index >= 15 is 0 Å². The number of ether oxygens (including phenoxy) is 1. The summed E-state index contributed by atoms with van der Waals surface area (Å²) in [5.41, 5.74) is 1.72. The zero-order chi connectivity index (χ0) is 24.5. The average Bonchev–Trinajstić information content (AvgIpc) is 3.12. The zero-order valence-electron chi connectivity index (χ0n) is 17.9. The molecule has 0 bridgehead atoms. The summed E-state index contributed by atoms with van der Waals surface area (Å²) in [6.45, 7) is 1.27. The third-order valence-electron chi connectivity index (χ3n) is 5.12. The number of esters is 1. The number of nitrogens with zero attached hydrogens (tertiary/aromatic N) is 2. The summed E-state index contributed by atoms with van der Waals surface area (Å²) in [5, 5.41) is 13.6. The summed E-state index contributed by atoms with van der Waals surface area (Å²) in [6.07, 6.45) is 0. The van der Waals surface area contributed by atoms with Crippen LogP contribution >= 0.6 is 23.2 Å². The number of rotatable bonds is 7. The number of aryl methyl sites for hydroxylation is 2. The number of fused-ring (bicyclic) bond motifs is 1. The number of sulfone groups is 1. The van der Waals surface area contributed by atoms with E-state index in [2.05, 4.69) is 15.0 Å². The van der Waals surface area contributed by atoms with Crippen LogP contribution in [0, 0.1) is 6.92 Å². The number of pyridine rings is 1. The van der Waals surface area contributed by atoms with Crippen molar-refractivity contribution in [3.05, 3.63) is 57.3 Å². The number of carbonyl (C=O) groups excluding carboxylic acids is 2. The van der Waals surface area contributed by atoms with E-state index < -0.39 is 40.1 Å². The maximum absolute atomic E-state index is 12.9. The predicted octanol–water partition coefficient (Wildman–Crippen LogP) is 2.60. The predicted molar refractivity (Wildman–Crippen MR) is 123 cm³/mol. The first-order chi connectivity index (χ1) is 15.5. The van der Waals surface area contributed by atoms with Crippen LogP contribution in [0.25, 0.3) is 11.0 Å². The molecule has 0 saturated carbocycles. The van der Waals surface area contributed by atoms with Crippen LogP contribution in [0.5, 0.6) is 0 Å². The molecule has 3 aromatic rings. The molecular formula is C21H21Cl2N3O6S. The highest BCUT2D eigenvalue weighted by Crippen LogP contribution is 2.33. The number of hydrogen-bond acceptors (Lipinski definition) is 7. The van der Waals surface area contributed by atoms with Crippen molar-refractivity contribution < 1.29 is 27.9 Å². The molecule has 9 nitrogen and oxygen atoms in total. The van der Waals surface area contributed by atoms with E-state index in [1.54, 1.807) is 24.6 Å². The Hall–Kier alpha value is -2.66. The molecular weight excluding hydrogens is 493 g/mol. The van der Waals surface area contributed by atoms with Crippen LogP contribution in [-0.4, -0.2) is 54.4 Å². The van der Waals surface area contributed by atoms with Gasteiger partial charge in [0, 0.05) is 12.4 Å². The summed E-state index contributed by atoms with van der Waals surface area (Å²) in [4.78, 5) is 28.6. The van der Waals surface area contributed by atoms with E-state index in [4.69, 9.17) is 23.2 Å². The molecule has 0 unspecified atom stereocenters. The number of hydrogen-bond donors (Lipinski definition) is 2. The maximum Gasteiger partial charge on any atom is 0.321 e. The first-order valence-corrected chi connectivity index (χ1v) is 12.0. The van der Waals surface area contributed by atoms with E-state index in [1.807, 2.05) is 0 Å². The van der Waals surface area contributed by atoms with Crippen molar-refractivity contribution in [1.82, 2.24) is 14.9 Å². The van der Waals surface area contributed by atoms with E-state index in [0.717, 1.165) is 7.11 Å². The molecule has 3 rings (SSSR count). The van der Waals surface area contributed by atoms with Gasteiger partial charge in [0.25, 0.3) is 5.91 Å². The molecule has 33 heavy (non-hydrogen) atoms. The van der Waals surface area contributed by atoms with E-state index in [1.165, 1.54) is 24.3 Å². The van der Waals surface area contributed by atoms with Crippen LogP contribution in [0.3, 0.4) is 0 Å². The molecule has 0 saturated heterocycles. The highest BCUT2D eigenvalue weighted by molar-refractivity contribution is 7.92. The second kappa shape index (κ2) is 9.68. The van der Waals surface area contributed by atoms with Crippen LogP contribution in [0.1, 0.15) is 27.8 Å². The lowest BCUT2D eigenvalue weighted by Gasteiger charge is -2.17. The van der Waals surface area contributed by atoms with E-state index in [-0.39, 0.29) is 15.6 Å². The van der Waals surface area contributed by atoms with Gasteiger partial charge in [0.05, 0.1) is 40.4 Å². The van der Waals surface area contributed by atoms with Crippen molar-refractivity contribution in [2.24, 2.45) is 7.05 Å². The highest BCUT2D eigenvalue weighted by Gasteiger charge is 2.23. The fourth-order valence-electron chi connectivity index (χ4n) is 3.26. The Morgan fingerprint density at radius 1 is 1.21 bits per heavy atom. The lowest BCUT2D eigenvalue weighted by molar-refractivity contribution is -0.137. The Labute approximate surface area is 200 Å². The van der Waals surface area contributed by atoms with Crippen molar-refractivity contribution in [1.29, 1.82) is 0 Å². The molecule has 2 heterocycles. The monoisotopic (exact) mass is 513 g/mol. The van der Waals surface area contributed by atoms with Crippen molar-refractivity contribution >= 4 is 55.9 Å². The van der Waals surface area contributed by atoms with Crippen molar-refractivity contribution in [2.75, 3.05) is 19.5 Å². The molecule has 2 N–H and O–H groups in total. The van der Waals surface area contributed by atoms with Gasteiger partial charge in [-0.3, -0.25) is 9.59 Å². The quantitative estimate of drug-likeness (QED) is 0.464. The Morgan fingerprint density at radius 3 is 2.42 bits per heavy atom. The van der Waals surface area contributed by atoms with E-state index in [9.17, 15) is 23.1 Å². The second-order valence-corrected chi connectivity index (χ2v) is 10.0. The number of carbonyl (C=O) groups is 2. The van der Waals surface area contributed by atoms with Crippen molar-refractivity contribution in [2.45, 2.75) is 17.9 Å². The molecule has 1 atom stereocenters. The number of aliphatic hydroxyl groups is 1. The SMILES string of the molecule is COC(=O)CS(=O)(=O)c1ccc([C@@H](CO)NC(=O)c2cc3c(Cl)c(Cl)c(C)nc3n2C)cc1. The minimum atomic E-state index is -3.88. The largest absolute Gasteiger partial charge is 0.468 e. The summed E-state index contributed by atoms with van der Waals surface area (Å²) < 4.78 is 30.5. The smallest absolute Gasteiger partial charge is 0.321 e. The van der Waals surface area contributed by atoms with Crippen LogP contribution < -0.4 is 5.32 Å². The molecule has 0 aliphatic rings. The minimum Gasteiger partial charge on any atom is -0.468 e. The molecule has 2 aromatic heterocycles. The number of aromatic nitrogens is 2. The standard InChI is InChI=1S/C21H21Cl2N3O6S/c1-11-18(22)19(23)14-8-16(26(2)20(14)24-11)21(29)25-15(9-27)12-4-6-13(7-5-12)33(30,31)10-17(28)32-3/h4-8,15,27H,9-10H2,1-3H3,(H,25,29)/t15-/m1/s1. The number of benzene rings is 1. The Bertz CT molecular complexity index is 1340. The first kappa shape index (κ1) is 25.0. The molecule has 0 spiro atoms. The van der Waals surface area contributed by atoms with Gasteiger partial charge >= 0.3 is 5.97 Å². The van der Waals surface area contributed by atoms with Gasteiger partial charge in [0.15, 0.2) is 15.6 Å². The number of amides is 1. The fraction of sp³-hybridized carbons (Fsp3) is 0.286. The minimum absolute atomic E-state index is 0.0821. The average molecular weight is 514 g/mol. The van der Waals surface area contributed by atoms with Gasteiger partial charge in [-0.05, 0) is 30.7 Å². The van der Waals surface area contributed by atoms with Gasteiger partial charge in [-0.2, -0.15) is 0 Å². The topological polar surface area (TPSA) is 128 Å². The third kappa shape index (κ3) is 4.98. The van der Waals surface area contributed by atoms with Gasteiger partial charge in [-0.15, -0.1) is 0 Å². The van der Waals surface area contributed by atoms with Gasteiger partial charge in [-0.1, -0.05) is 35.3 Å². The molecule has 0 radical (unpaired) electrons. The number of aliphatic hydroxyl groups excluding tert-OH is 1. The van der Waals surface area contributed by atoms with Crippen LogP contribution in [-0.2, 0) is 26.4 Å². The lowest BCUT2D eigenvalue weighted by atomic mass is 10.1. The van der Waals surface area contributed by atoms with Gasteiger partial charge in [0.1, 0.15) is 11.3 Å². The number of methoxy groups -OCH3 is 1. The van der Waals surface area contributed by atoms with Crippen LogP contribution in [0.4, 0.5) is 0 Å². The molecule has 12 heteroatoms. The lowest BCUT2D eigenvalue weighted by Crippen LogP contribution is -2.32. The molecule has 1 amide bonds. The molecule has 0 aliphatic heterocycles. The Kier molecular flexibility index (Phi) is 7.32. The molecule has 0 aliphatic carbocycles. The highest BCUT2D eigenvalue weighted by atomic mass is 35.5. The van der Waals surface area contributed by atoms with Gasteiger partial charge < -0.3 is 19.7 Å². The fourth-order valence-corrected chi connectivity index (χ4v) is 4.83. The molecule has 0 fully saturated rings. The summed E-state index contributed by atoms with van der Waals surface area (Å²) in [7, 11) is -1.12. The normalized spacial score (nSPS) is 12.5. The molecule has 176 valence electrons. The Balaban J connectivity index is 1.85. The number of nitrogens with one attached hydrogen (secondary N) is 1. The van der Waals surface area contributed by atoms with Crippen molar-refractivity contribution in [3.8, 4) is 0 Å². The number of halogens is 2. The van der Waals surface area contributed by atoms with Gasteiger partial charge in [-0.25, -0.2) is 13.4 Å². The van der Waals surface area contributed by atoms with Crippen LogP contribution in [0.15, 0.2) is 35.2 Å². The van der Waals surface area contributed by atoms with Crippen molar-refractivity contribution in [3.63, 3.8) is 0 Å². The third-order valence-corrected chi connectivity index (χ3v) is 7.68. The second-order valence-electron chi connectivity index (χ2n) is 7.26. The zero-order valence-corrected chi connectivity index (χ0v) is 20.3. The van der Waals surface area contributed by atoms with E-state index in [0.29, 0.717) is 27.3 Å². The summed E-state index contributed by atoms with van der Waals surface area (Å²) in [5.74, 6) is -2.16. The van der Waals surface area contributed by atoms with Gasteiger partial charge in [0.2, 0.25) is 0 Å². The molecule has 1 aromatic carbocycles. The maximum atomic E-state index is 12.9.